The third-order valence-electron chi connectivity index (χ3n) is 3.64. The topological polar surface area (TPSA) is 12.0 Å². The third-order valence-corrected chi connectivity index (χ3v) is 3.64. The first-order valence-electron chi connectivity index (χ1n) is 5.43. The molecule has 1 spiro atoms. The van der Waals surface area contributed by atoms with Gasteiger partial charge in [-0.15, -0.1) is 0 Å². The largest absolute Gasteiger partial charge is 0.416 e. The first-order chi connectivity index (χ1) is 7.51. The summed E-state index contributed by atoms with van der Waals surface area (Å²) < 4.78 is 37.8. The van der Waals surface area contributed by atoms with Gasteiger partial charge in [0.25, 0.3) is 0 Å². The molecule has 1 aliphatic heterocycles. The van der Waals surface area contributed by atoms with Gasteiger partial charge in [-0.1, -0.05) is 6.07 Å². The SMILES string of the molecule is FC(F)(F)c1ccc2c(c1)C1(CC1)CNC2. The molecule has 0 bridgehead atoms. The Labute approximate surface area is 91.7 Å². The van der Waals surface area contributed by atoms with Crippen LogP contribution in [0.5, 0.6) is 0 Å². The fourth-order valence-electron chi connectivity index (χ4n) is 2.53. The molecule has 1 fully saturated rings. The van der Waals surface area contributed by atoms with Crippen LogP contribution in [-0.2, 0) is 18.1 Å². The van der Waals surface area contributed by atoms with E-state index in [1.165, 1.54) is 12.1 Å². The molecule has 2 aliphatic rings. The highest BCUT2D eigenvalue weighted by Crippen LogP contribution is 2.51. The lowest BCUT2D eigenvalue weighted by Crippen LogP contribution is -2.33. The minimum atomic E-state index is -4.23. The second-order valence-electron chi connectivity index (χ2n) is 4.75. The molecule has 4 heteroatoms. The number of alkyl halides is 3. The summed E-state index contributed by atoms with van der Waals surface area (Å²) in [7, 11) is 0. The molecule has 0 aromatic heterocycles. The Morgan fingerprint density at radius 1 is 1.19 bits per heavy atom. The summed E-state index contributed by atoms with van der Waals surface area (Å²) in [5.74, 6) is 0. The number of nitrogens with one attached hydrogen (secondary N) is 1. The van der Waals surface area contributed by atoms with Crippen LogP contribution in [0.3, 0.4) is 0 Å². The van der Waals surface area contributed by atoms with Gasteiger partial charge in [-0.05, 0) is 36.1 Å². The van der Waals surface area contributed by atoms with Gasteiger partial charge < -0.3 is 5.32 Å². The fraction of sp³-hybridized carbons (Fsp3) is 0.500. The van der Waals surface area contributed by atoms with Gasteiger partial charge in [0.15, 0.2) is 0 Å². The molecule has 0 radical (unpaired) electrons. The molecular formula is C12H12F3N. The summed E-state index contributed by atoms with van der Waals surface area (Å²) in [5, 5.41) is 3.27. The number of hydrogen-bond donors (Lipinski definition) is 1. The Bertz CT molecular complexity index is 432. The summed E-state index contributed by atoms with van der Waals surface area (Å²) in [6.07, 6.45) is -2.21. The van der Waals surface area contributed by atoms with Crippen molar-refractivity contribution >= 4 is 0 Å². The lowest BCUT2D eigenvalue weighted by molar-refractivity contribution is -0.137. The van der Waals surface area contributed by atoms with E-state index in [-0.39, 0.29) is 5.41 Å². The number of hydrogen-bond acceptors (Lipinski definition) is 1. The Morgan fingerprint density at radius 2 is 1.94 bits per heavy atom. The van der Waals surface area contributed by atoms with Gasteiger partial charge in [-0.25, -0.2) is 0 Å². The van der Waals surface area contributed by atoms with Crippen molar-refractivity contribution < 1.29 is 13.2 Å². The Balaban J connectivity index is 2.09. The predicted octanol–water partition coefficient (Wildman–Crippen LogP) is 2.84. The van der Waals surface area contributed by atoms with Crippen LogP contribution >= 0.6 is 0 Å². The van der Waals surface area contributed by atoms with Crippen LogP contribution < -0.4 is 5.32 Å². The van der Waals surface area contributed by atoms with Crippen molar-refractivity contribution in [3.8, 4) is 0 Å². The van der Waals surface area contributed by atoms with Crippen molar-refractivity contribution in [3.63, 3.8) is 0 Å². The number of halogens is 3. The first kappa shape index (κ1) is 10.1. The molecule has 86 valence electrons. The molecule has 16 heavy (non-hydrogen) atoms. The smallest absolute Gasteiger partial charge is 0.312 e. The van der Waals surface area contributed by atoms with Crippen LogP contribution in [0, 0.1) is 0 Å². The highest BCUT2D eigenvalue weighted by molar-refractivity contribution is 5.44. The third kappa shape index (κ3) is 1.44. The molecule has 1 aliphatic carbocycles. The zero-order valence-corrected chi connectivity index (χ0v) is 8.69. The number of rotatable bonds is 0. The second-order valence-corrected chi connectivity index (χ2v) is 4.75. The van der Waals surface area contributed by atoms with E-state index in [2.05, 4.69) is 5.32 Å². The van der Waals surface area contributed by atoms with E-state index in [0.29, 0.717) is 6.54 Å². The quantitative estimate of drug-likeness (QED) is 0.718. The fourth-order valence-corrected chi connectivity index (χ4v) is 2.53. The van der Waals surface area contributed by atoms with Gasteiger partial charge >= 0.3 is 6.18 Å². The van der Waals surface area contributed by atoms with Gasteiger partial charge in [-0.3, -0.25) is 0 Å². The van der Waals surface area contributed by atoms with Crippen LogP contribution in [0.2, 0.25) is 0 Å². The summed E-state index contributed by atoms with van der Waals surface area (Å²) in [4.78, 5) is 0. The van der Waals surface area contributed by atoms with Crippen molar-refractivity contribution in [3.05, 3.63) is 34.9 Å². The molecule has 1 nitrogen and oxygen atoms in total. The number of benzene rings is 1. The van der Waals surface area contributed by atoms with Crippen LogP contribution in [0.4, 0.5) is 13.2 Å². The van der Waals surface area contributed by atoms with E-state index in [4.69, 9.17) is 0 Å². The van der Waals surface area contributed by atoms with E-state index in [1.54, 1.807) is 6.07 Å². The zero-order valence-electron chi connectivity index (χ0n) is 8.69. The summed E-state index contributed by atoms with van der Waals surface area (Å²) in [5.41, 5.74) is 1.44. The Morgan fingerprint density at radius 3 is 2.56 bits per heavy atom. The Hall–Kier alpha value is -1.03. The highest BCUT2D eigenvalue weighted by Gasteiger charge is 2.47. The minimum absolute atomic E-state index is 0.00877. The second kappa shape index (κ2) is 3.00. The van der Waals surface area contributed by atoms with E-state index in [1.807, 2.05) is 0 Å². The average Bonchev–Trinajstić information content (AvgIpc) is 2.98. The molecule has 0 atom stereocenters. The average molecular weight is 227 g/mol. The number of fused-ring (bicyclic) bond motifs is 2. The van der Waals surface area contributed by atoms with E-state index in [9.17, 15) is 13.2 Å². The molecule has 3 rings (SSSR count). The molecule has 0 amide bonds. The molecule has 1 N–H and O–H groups in total. The normalized spacial score (nSPS) is 21.9. The van der Waals surface area contributed by atoms with Gasteiger partial charge in [0.2, 0.25) is 0 Å². The summed E-state index contributed by atoms with van der Waals surface area (Å²) in [6, 6.07) is 4.15. The Kier molecular flexibility index (Phi) is 1.90. The van der Waals surface area contributed by atoms with Crippen molar-refractivity contribution in [2.24, 2.45) is 0 Å². The maximum atomic E-state index is 12.6. The van der Waals surface area contributed by atoms with Crippen LogP contribution in [0.1, 0.15) is 29.5 Å². The molecule has 1 saturated carbocycles. The lowest BCUT2D eigenvalue weighted by atomic mass is 9.87. The van der Waals surface area contributed by atoms with Crippen LogP contribution in [0.25, 0.3) is 0 Å². The van der Waals surface area contributed by atoms with E-state index < -0.39 is 11.7 Å². The van der Waals surface area contributed by atoms with E-state index in [0.717, 1.165) is 30.5 Å². The maximum Gasteiger partial charge on any atom is 0.416 e. The standard InChI is InChI=1S/C12H12F3N/c13-12(14,15)9-2-1-8-6-16-7-11(3-4-11)10(8)5-9/h1-2,5,16H,3-4,6-7H2. The maximum absolute atomic E-state index is 12.6. The van der Waals surface area contributed by atoms with Gasteiger partial charge in [0.05, 0.1) is 5.56 Å². The van der Waals surface area contributed by atoms with Gasteiger partial charge in [0.1, 0.15) is 0 Å². The molecular weight excluding hydrogens is 215 g/mol. The molecule has 1 aromatic carbocycles. The zero-order chi connectivity index (χ0) is 11.4. The van der Waals surface area contributed by atoms with Crippen molar-refractivity contribution in [2.45, 2.75) is 31.0 Å². The summed E-state index contributed by atoms with van der Waals surface area (Å²) in [6.45, 7) is 1.51. The highest BCUT2D eigenvalue weighted by atomic mass is 19.4. The van der Waals surface area contributed by atoms with Gasteiger partial charge in [-0.2, -0.15) is 13.2 Å². The van der Waals surface area contributed by atoms with Crippen molar-refractivity contribution in [1.82, 2.24) is 5.32 Å². The van der Waals surface area contributed by atoms with Crippen molar-refractivity contribution in [1.29, 1.82) is 0 Å². The lowest BCUT2D eigenvalue weighted by Gasteiger charge is -2.27. The molecule has 0 saturated heterocycles. The van der Waals surface area contributed by atoms with E-state index >= 15 is 0 Å². The predicted molar refractivity (Wildman–Crippen MR) is 54.1 cm³/mol. The molecule has 1 aromatic rings. The van der Waals surface area contributed by atoms with Crippen LogP contribution in [0.15, 0.2) is 18.2 Å². The summed E-state index contributed by atoms with van der Waals surface area (Å²) >= 11 is 0. The minimum Gasteiger partial charge on any atom is -0.312 e. The monoisotopic (exact) mass is 227 g/mol. The van der Waals surface area contributed by atoms with Crippen LogP contribution in [-0.4, -0.2) is 6.54 Å². The molecule has 0 unspecified atom stereocenters. The first-order valence-corrected chi connectivity index (χ1v) is 5.43. The van der Waals surface area contributed by atoms with Crippen molar-refractivity contribution in [2.75, 3.05) is 6.54 Å². The molecule has 1 heterocycles. The van der Waals surface area contributed by atoms with Gasteiger partial charge in [0, 0.05) is 18.5 Å².